The summed E-state index contributed by atoms with van der Waals surface area (Å²) in [6, 6.07) is 8.44. The van der Waals surface area contributed by atoms with Crippen LogP contribution in [0.2, 0.25) is 0 Å². The Morgan fingerprint density at radius 1 is 1.14 bits per heavy atom. The molecule has 0 bridgehead atoms. The van der Waals surface area contributed by atoms with Gasteiger partial charge in [0, 0.05) is 12.2 Å². The van der Waals surface area contributed by atoms with Crippen molar-refractivity contribution < 1.29 is 9.47 Å². The van der Waals surface area contributed by atoms with Gasteiger partial charge in [0.25, 0.3) is 0 Å². The van der Waals surface area contributed by atoms with E-state index >= 15 is 0 Å². The van der Waals surface area contributed by atoms with Gasteiger partial charge >= 0.3 is 0 Å². The molecule has 0 spiro atoms. The molecule has 3 heteroatoms. The van der Waals surface area contributed by atoms with E-state index in [1.165, 1.54) is 5.56 Å². The Balaban J connectivity index is 2.67. The maximum absolute atomic E-state index is 5.87. The van der Waals surface area contributed by atoms with Crippen molar-refractivity contribution in [1.29, 1.82) is 0 Å². The highest BCUT2D eigenvalue weighted by Gasteiger charge is 2.15. The Morgan fingerprint density at radius 3 is 2.57 bits per heavy atom. The van der Waals surface area contributed by atoms with Gasteiger partial charge in [0.1, 0.15) is 5.75 Å². The van der Waals surface area contributed by atoms with Gasteiger partial charge in [-0.25, -0.2) is 0 Å². The van der Waals surface area contributed by atoms with Gasteiger partial charge in [-0.2, -0.15) is 0 Å². The molecule has 0 fully saturated rings. The van der Waals surface area contributed by atoms with Gasteiger partial charge in [-0.3, -0.25) is 0 Å². The Morgan fingerprint density at radius 2 is 1.90 bits per heavy atom. The number of benzene rings is 1. The molecule has 0 radical (unpaired) electrons. The lowest BCUT2D eigenvalue weighted by Crippen LogP contribution is -2.27. The van der Waals surface area contributed by atoms with Crippen LogP contribution in [0, 0.1) is 5.92 Å². The van der Waals surface area contributed by atoms with Crippen molar-refractivity contribution in [2.45, 2.75) is 46.6 Å². The van der Waals surface area contributed by atoms with Crippen LogP contribution >= 0.6 is 0 Å². The number of ether oxygens (including phenoxy) is 2. The molecule has 0 aliphatic carbocycles. The average molecular weight is 293 g/mol. The quantitative estimate of drug-likeness (QED) is 0.621. The summed E-state index contributed by atoms with van der Waals surface area (Å²) in [5.41, 5.74) is 1.19. The second-order valence-corrected chi connectivity index (χ2v) is 5.73. The van der Waals surface area contributed by atoms with Gasteiger partial charge in [-0.1, -0.05) is 39.0 Å². The minimum Gasteiger partial charge on any atom is -0.494 e. The van der Waals surface area contributed by atoms with Crippen molar-refractivity contribution in [3.63, 3.8) is 0 Å². The lowest BCUT2D eigenvalue weighted by molar-refractivity contribution is 0.101. The Bertz CT molecular complexity index is 379. The molecule has 3 nitrogen and oxygen atoms in total. The van der Waals surface area contributed by atoms with Gasteiger partial charge in [0.05, 0.1) is 19.3 Å². The molecule has 0 amide bonds. The molecular formula is C18H31NO2. The Labute approximate surface area is 130 Å². The smallest absolute Gasteiger partial charge is 0.124 e. The van der Waals surface area contributed by atoms with Crippen LogP contribution in [0.25, 0.3) is 0 Å². The van der Waals surface area contributed by atoms with Crippen LogP contribution in [0.5, 0.6) is 5.75 Å². The number of hydrogen-bond acceptors (Lipinski definition) is 3. The summed E-state index contributed by atoms with van der Waals surface area (Å²) < 4.78 is 11.6. The first-order chi connectivity index (χ1) is 10.2. The monoisotopic (exact) mass is 293 g/mol. The van der Waals surface area contributed by atoms with Crippen molar-refractivity contribution in [1.82, 2.24) is 5.32 Å². The molecule has 120 valence electrons. The van der Waals surface area contributed by atoms with Crippen LogP contribution in [-0.2, 0) is 4.74 Å². The van der Waals surface area contributed by atoms with Crippen LogP contribution < -0.4 is 10.1 Å². The van der Waals surface area contributed by atoms with E-state index in [0.29, 0.717) is 19.1 Å². The van der Waals surface area contributed by atoms with Crippen LogP contribution in [0.4, 0.5) is 0 Å². The normalized spacial score (nSPS) is 12.6. The summed E-state index contributed by atoms with van der Waals surface area (Å²) >= 11 is 0. The lowest BCUT2D eigenvalue weighted by atomic mass is 10.1. The Hall–Kier alpha value is -1.06. The predicted octanol–water partition coefficient (Wildman–Crippen LogP) is 4.19. The maximum atomic E-state index is 5.87. The van der Waals surface area contributed by atoms with E-state index < -0.39 is 0 Å². The molecule has 0 heterocycles. The minimum absolute atomic E-state index is 0.194. The lowest BCUT2D eigenvalue weighted by Gasteiger charge is -2.22. The first-order valence-corrected chi connectivity index (χ1v) is 8.21. The van der Waals surface area contributed by atoms with Crippen molar-refractivity contribution >= 4 is 0 Å². The third-order valence-corrected chi connectivity index (χ3v) is 3.36. The fourth-order valence-electron chi connectivity index (χ4n) is 2.15. The van der Waals surface area contributed by atoms with Crippen LogP contribution in [0.1, 0.15) is 52.1 Å². The predicted molar refractivity (Wildman–Crippen MR) is 88.9 cm³/mol. The SMILES string of the molecule is CCCNC(COCCC(C)C)c1ccccc1OCC. The second-order valence-electron chi connectivity index (χ2n) is 5.73. The van der Waals surface area contributed by atoms with Crippen molar-refractivity contribution in [2.24, 2.45) is 5.92 Å². The molecule has 1 aromatic rings. The fourth-order valence-corrected chi connectivity index (χ4v) is 2.15. The number of nitrogens with one attached hydrogen (secondary N) is 1. The highest BCUT2D eigenvalue weighted by Crippen LogP contribution is 2.25. The molecule has 1 aromatic carbocycles. The van der Waals surface area contributed by atoms with Gasteiger partial charge in [-0.05, 0) is 38.3 Å². The number of hydrogen-bond donors (Lipinski definition) is 1. The van der Waals surface area contributed by atoms with E-state index in [-0.39, 0.29) is 6.04 Å². The summed E-state index contributed by atoms with van der Waals surface area (Å²) in [5.74, 6) is 1.64. The van der Waals surface area contributed by atoms with E-state index in [4.69, 9.17) is 9.47 Å². The van der Waals surface area contributed by atoms with Gasteiger partial charge < -0.3 is 14.8 Å². The first kappa shape index (κ1) is 18.0. The zero-order valence-corrected chi connectivity index (χ0v) is 14.0. The molecule has 0 saturated heterocycles. The van der Waals surface area contributed by atoms with Gasteiger partial charge in [0.15, 0.2) is 0 Å². The minimum atomic E-state index is 0.194. The third kappa shape index (κ3) is 6.96. The Kier molecular flexibility index (Phi) is 9.11. The second kappa shape index (κ2) is 10.6. The van der Waals surface area contributed by atoms with E-state index in [0.717, 1.165) is 31.7 Å². The third-order valence-electron chi connectivity index (χ3n) is 3.36. The van der Waals surface area contributed by atoms with Crippen molar-refractivity contribution in [3.05, 3.63) is 29.8 Å². The van der Waals surface area contributed by atoms with Crippen LogP contribution in [-0.4, -0.2) is 26.4 Å². The molecule has 21 heavy (non-hydrogen) atoms. The van der Waals surface area contributed by atoms with E-state index in [1.807, 2.05) is 19.1 Å². The molecule has 1 N–H and O–H groups in total. The summed E-state index contributed by atoms with van der Waals surface area (Å²) in [6.07, 6.45) is 2.22. The summed E-state index contributed by atoms with van der Waals surface area (Å²) in [4.78, 5) is 0. The van der Waals surface area contributed by atoms with Gasteiger partial charge in [-0.15, -0.1) is 0 Å². The van der Waals surface area contributed by atoms with E-state index in [1.54, 1.807) is 0 Å². The largest absolute Gasteiger partial charge is 0.494 e. The van der Waals surface area contributed by atoms with Gasteiger partial charge in [0.2, 0.25) is 0 Å². The van der Waals surface area contributed by atoms with Crippen LogP contribution in [0.3, 0.4) is 0 Å². The topological polar surface area (TPSA) is 30.5 Å². The zero-order valence-electron chi connectivity index (χ0n) is 14.0. The molecule has 0 aromatic heterocycles. The van der Waals surface area contributed by atoms with Crippen molar-refractivity contribution in [2.75, 3.05) is 26.4 Å². The zero-order chi connectivity index (χ0) is 15.5. The fraction of sp³-hybridized carbons (Fsp3) is 0.667. The molecule has 1 atom stereocenters. The summed E-state index contributed by atoms with van der Waals surface area (Å²) in [7, 11) is 0. The molecule has 0 aliphatic rings. The maximum Gasteiger partial charge on any atom is 0.124 e. The summed E-state index contributed by atoms with van der Waals surface area (Å²) in [6.45, 7) is 11.8. The van der Waals surface area contributed by atoms with E-state index in [2.05, 4.69) is 38.2 Å². The van der Waals surface area contributed by atoms with E-state index in [9.17, 15) is 0 Å². The number of rotatable bonds is 11. The molecular weight excluding hydrogens is 262 g/mol. The molecule has 1 unspecified atom stereocenters. The summed E-state index contributed by atoms with van der Waals surface area (Å²) in [5, 5.41) is 3.57. The van der Waals surface area contributed by atoms with Crippen LogP contribution in [0.15, 0.2) is 24.3 Å². The average Bonchev–Trinajstić information content (AvgIpc) is 2.47. The first-order valence-electron chi connectivity index (χ1n) is 8.21. The molecule has 1 rings (SSSR count). The highest BCUT2D eigenvalue weighted by molar-refractivity contribution is 5.36. The highest BCUT2D eigenvalue weighted by atomic mass is 16.5. The standard InChI is InChI=1S/C18H31NO2/c1-5-12-19-17(14-20-13-11-15(3)4)16-9-7-8-10-18(16)21-6-2/h7-10,15,17,19H,5-6,11-14H2,1-4H3. The number of para-hydroxylation sites is 1. The van der Waals surface area contributed by atoms with Crippen molar-refractivity contribution in [3.8, 4) is 5.75 Å². The molecule has 0 aliphatic heterocycles. The molecule has 0 saturated carbocycles.